The van der Waals surface area contributed by atoms with Gasteiger partial charge in [-0.05, 0) is 23.7 Å². The van der Waals surface area contributed by atoms with Crippen LogP contribution in [-0.4, -0.2) is 68.4 Å². The van der Waals surface area contributed by atoms with Gasteiger partial charge in [0.1, 0.15) is 6.54 Å². The van der Waals surface area contributed by atoms with Gasteiger partial charge in [0.25, 0.3) is 0 Å². The minimum absolute atomic E-state index is 0.0104. The molecule has 3 aliphatic rings. The standard InChI is InChI=1S/C13H22O4.C12H18O3.C4H11NO.C2H6/c1-9(10-6-4-3-5-7-10)11(13(15)16)8-12(14)17-2;1-8(9-5-3-2-4-6-9)10-7-11(13)15-12(10)14;1-5(2)3-4-6;1-2/h9-11H,3-8H2,1-2H3,(H,15,16);8-10H,2-7H2,1H3;6H,3-4H2,1-2H3;1-2H3/p+1/i/hT. The zero-order valence-corrected chi connectivity index (χ0v) is 26.2. The first-order valence-corrected chi connectivity index (χ1v) is 15.3. The Hall–Kier alpha value is -2.00. The molecule has 2 saturated carbocycles. The quantitative estimate of drug-likeness (QED) is 0.279. The first-order chi connectivity index (χ1) is 19.3. The molecule has 0 aromatic rings. The second-order valence-electron chi connectivity index (χ2n) is 11.4. The van der Waals surface area contributed by atoms with Crippen LogP contribution < -0.4 is 4.89 Å². The van der Waals surface area contributed by atoms with Crippen LogP contribution in [-0.2, 0) is 28.7 Å². The molecular weight excluding hydrogens is 514 g/mol. The minimum Gasteiger partial charge on any atom is -0.481 e. The molecule has 1 saturated heterocycles. The number of carboxylic acid groups (broad SMARTS) is 1. The summed E-state index contributed by atoms with van der Waals surface area (Å²) in [5.74, 6) is -1.31. The summed E-state index contributed by atoms with van der Waals surface area (Å²) in [6.45, 7) is 8.65. The smallest absolute Gasteiger partial charge is 0.347 e. The fraction of sp³-hybridized carbons (Fsp3) is 0.871. The zero-order valence-electron chi connectivity index (χ0n) is 27.2. The summed E-state index contributed by atoms with van der Waals surface area (Å²) in [4.78, 5) is 45.0. The number of hydrogen-bond acceptors (Lipinski definition) is 7. The molecule has 2 aliphatic carbocycles. The Morgan fingerprint density at radius 2 is 1.50 bits per heavy atom. The Morgan fingerprint density at radius 3 is 1.85 bits per heavy atom. The van der Waals surface area contributed by atoms with E-state index in [0.717, 1.165) is 12.8 Å². The molecule has 0 bridgehead atoms. The van der Waals surface area contributed by atoms with E-state index in [-0.39, 0.29) is 41.7 Å². The van der Waals surface area contributed by atoms with Gasteiger partial charge in [0.05, 0.1) is 52.5 Å². The molecule has 9 nitrogen and oxygen atoms in total. The van der Waals surface area contributed by atoms with Crippen LogP contribution >= 0.6 is 0 Å². The predicted molar refractivity (Wildman–Crippen MR) is 155 cm³/mol. The molecule has 3 rings (SSSR count). The number of esters is 3. The number of quaternary nitrogens is 1. The van der Waals surface area contributed by atoms with Gasteiger partial charge in [0, 0.05) is 0 Å². The Bertz CT molecular complexity index is 773. The number of ether oxygens (including phenoxy) is 2. The van der Waals surface area contributed by atoms with E-state index in [1.54, 1.807) is 14.1 Å². The summed E-state index contributed by atoms with van der Waals surface area (Å²) in [6.07, 6.45) is 12.3. The molecular formula is C31H58NO8+. The van der Waals surface area contributed by atoms with Crippen molar-refractivity contribution < 1.29 is 45.2 Å². The monoisotopic (exact) mass is 574 g/mol. The van der Waals surface area contributed by atoms with Crippen molar-refractivity contribution in [3.63, 3.8) is 0 Å². The Morgan fingerprint density at radius 1 is 1.00 bits per heavy atom. The van der Waals surface area contributed by atoms with Crippen molar-refractivity contribution in [2.75, 3.05) is 34.4 Å². The third-order valence-electron chi connectivity index (χ3n) is 8.44. The lowest BCUT2D eigenvalue weighted by molar-refractivity contribution is -0.858. The number of carbonyl (C=O) groups excluding carboxylic acids is 3. The van der Waals surface area contributed by atoms with Crippen LogP contribution in [0.1, 0.15) is 105 Å². The number of likely N-dealkylation sites (N-methyl/N-ethyl adjacent to an activating group) is 1. The largest absolute Gasteiger partial charge is 0.481 e. The Kier molecular flexibility index (Phi) is 19.6. The van der Waals surface area contributed by atoms with Crippen molar-refractivity contribution in [1.82, 2.24) is 0 Å². The Balaban J connectivity index is 0.000000610. The lowest BCUT2D eigenvalue weighted by atomic mass is 9.74. The third-order valence-corrected chi connectivity index (χ3v) is 8.44. The van der Waals surface area contributed by atoms with Gasteiger partial charge in [-0.1, -0.05) is 91.9 Å². The second kappa shape index (κ2) is 21.7. The van der Waals surface area contributed by atoms with Crippen LogP contribution in [0.2, 0.25) is 1.41 Å². The van der Waals surface area contributed by atoms with Crippen molar-refractivity contribution in [3.05, 3.63) is 0 Å². The van der Waals surface area contributed by atoms with Crippen LogP contribution in [0.5, 0.6) is 0 Å². The number of carboxylic acids is 1. The van der Waals surface area contributed by atoms with E-state index in [4.69, 9.17) is 6.52 Å². The lowest BCUT2D eigenvalue weighted by Crippen LogP contribution is -3.06. The van der Waals surface area contributed by atoms with Gasteiger partial charge >= 0.3 is 25.3 Å². The number of cyclic esters (lactones) is 2. The van der Waals surface area contributed by atoms with E-state index >= 15 is 0 Å². The van der Waals surface area contributed by atoms with Crippen molar-refractivity contribution in [1.29, 1.82) is 0 Å². The first kappa shape index (κ1) is 36.0. The van der Waals surface area contributed by atoms with E-state index in [1.807, 2.05) is 20.8 Å². The molecule has 4 unspecified atom stereocenters. The van der Waals surface area contributed by atoms with Gasteiger partial charge in [-0.25, -0.2) is 0 Å². The van der Waals surface area contributed by atoms with Gasteiger partial charge < -0.3 is 24.6 Å². The number of rotatable bonds is 9. The first-order valence-electron chi connectivity index (χ1n) is 15.8. The van der Waals surface area contributed by atoms with E-state index < -0.39 is 17.9 Å². The normalized spacial score (nSPS) is 22.4. The molecule has 3 fully saturated rings. The summed E-state index contributed by atoms with van der Waals surface area (Å²) in [7, 11) is 4.74. The number of aliphatic hydroxyl groups excluding tert-OH is 1. The predicted octanol–water partition coefficient (Wildman–Crippen LogP) is 3.91. The third kappa shape index (κ3) is 14.6. The Labute approximate surface area is 243 Å². The number of aliphatic carboxylic acids is 1. The van der Waals surface area contributed by atoms with Crippen LogP contribution in [0.25, 0.3) is 0 Å². The number of nitrogens with one attached hydrogen (secondary N) is 1. The van der Waals surface area contributed by atoms with Crippen LogP contribution in [0, 0.1) is 35.5 Å². The average Bonchev–Trinajstić information content (AvgIpc) is 3.30. The highest BCUT2D eigenvalue weighted by Gasteiger charge is 2.40. The maximum Gasteiger partial charge on any atom is 0.347 e. The summed E-state index contributed by atoms with van der Waals surface area (Å²) in [5, 5.41) is 17.5. The highest BCUT2D eigenvalue weighted by Crippen LogP contribution is 2.37. The fourth-order valence-electron chi connectivity index (χ4n) is 5.83. The highest BCUT2D eigenvalue weighted by molar-refractivity contribution is 5.94. The molecule has 0 aromatic carbocycles. The number of methoxy groups -OCH3 is 1. The summed E-state index contributed by atoms with van der Waals surface area (Å²) >= 11 is 0. The second-order valence-corrected chi connectivity index (χ2v) is 11.4. The van der Waals surface area contributed by atoms with Gasteiger partial charge in [-0.2, -0.15) is 0 Å². The highest BCUT2D eigenvalue weighted by atomic mass is 16.6. The van der Waals surface area contributed by atoms with Crippen molar-refractivity contribution in [3.8, 4) is 0 Å². The molecule has 3 N–H and O–H groups in total. The van der Waals surface area contributed by atoms with E-state index in [0.29, 0.717) is 30.7 Å². The number of carbonyl (C=O) groups is 4. The molecule has 1 aliphatic heterocycles. The van der Waals surface area contributed by atoms with Crippen molar-refractivity contribution >= 4 is 23.9 Å². The number of hydrogen-bond donors (Lipinski definition) is 3. The molecule has 1 heterocycles. The van der Waals surface area contributed by atoms with Crippen molar-refractivity contribution in [2.45, 2.75) is 105 Å². The molecule has 0 aromatic heterocycles. The van der Waals surface area contributed by atoms with Crippen molar-refractivity contribution in [2.24, 2.45) is 35.5 Å². The summed E-state index contributed by atoms with van der Waals surface area (Å²) < 4.78 is 16.3. The molecule has 4 atom stereocenters. The fourth-order valence-corrected chi connectivity index (χ4v) is 5.83. The molecule has 0 spiro atoms. The van der Waals surface area contributed by atoms with E-state index in [1.165, 1.54) is 58.5 Å². The molecule has 40 heavy (non-hydrogen) atoms. The minimum atomic E-state index is -0.881. The van der Waals surface area contributed by atoms with Gasteiger partial charge in [-0.15, -0.1) is 0 Å². The van der Waals surface area contributed by atoms with Gasteiger partial charge in [0.15, 0.2) is 0 Å². The molecule has 0 radical (unpaired) electrons. The molecule has 9 heteroatoms. The average molecular weight is 575 g/mol. The maximum atomic E-state index is 11.4. The molecule has 0 amide bonds. The van der Waals surface area contributed by atoms with Crippen LogP contribution in [0.3, 0.4) is 0 Å². The maximum absolute atomic E-state index is 11.4. The molecule has 234 valence electrons. The summed E-state index contributed by atoms with van der Waals surface area (Å²) in [5.41, 5.74) is 0. The van der Waals surface area contributed by atoms with Gasteiger partial charge in [-0.3, -0.25) is 19.2 Å². The zero-order chi connectivity index (χ0) is 31.6. The van der Waals surface area contributed by atoms with Crippen LogP contribution in [0.15, 0.2) is 0 Å². The van der Waals surface area contributed by atoms with Gasteiger partial charge in [0.2, 0.25) is 0 Å². The van der Waals surface area contributed by atoms with Crippen LogP contribution in [0.4, 0.5) is 0 Å². The topological polar surface area (TPSA) is 132 Å². The SMILES string of the molecule is CC.CC(C1CCCCC1)C1CC(=O)OC1=O.COC(=O)CC(C(=O)O)C(C)C1CCCCC1.[3H][N+](C)(C)CCO. The summed E-state index contributed by atoms with van der Waals surface area (Å²) in [6, 6.07) is 0. The number of aliphatic hydroxyl groups is 1. The van der Waals surface area contributed by atoms with E-state index in [9.17, 15) is 24.3 Å². The lowest BCUT2D eigenvalue weighted by Gasteiger charge is -2.31. The van der Waals surface area contributed by atoms with E-state index in [2.05, 4.69) is 16.4 Å².